The maximum Gasteiger partial charge on any atom is 0.240 e. The van der Waals surface area contributed by atoms with Crippen LogP contribution in [0.3, 0.4) is 0 Å². The second kappa shape index (κ2) is 7.51. The lowest BCUT2D eigenvalue weighted by atomic mass is 9.65. The average Bonchev–Trinajstić information content (AvgIpc) is 2.98. The lowest BCUT2D eigenvalue weighted by molar-refractivity contribution is 0.387. The first-order chi connectivity index (χ1) is 12.3. The molecule has 1 heterocycles. The summed E-state index contributed by atoms with van der Waals surface area (Å²) in [5, 5.41) is 1.19. The van der Waals surface area contributed by atoms with E-state index in [-0.39, 0.29) is 5.41 Å². The number of hydrogen-bond acceptors (Lipinski definition) is 1. The minimum atomic E-state index is 0.155. The summed E-state index contributed by atoms with van der Waals surface area (Å²) in [7, 11) is 2.18. The fourth-order valence-corrected chi connectivity index (χ4v) is 3.81. The Bertz CT molecular complexity index is 832. The third-order valence-corrected chi connectivity index (χ3v) is 5.71. The van der Waals surface area contributed by atoms with Gasteiger partial charge in [-0.15, -0.1) is 0 Å². The van der Waals surface area contributed by atoms with Crippen molar-refractivity contribution in [1.82, 2.24) is 0 Å². The first-order valence-electron chi connectivity index (χ1n) is 10.0. The van der Waals surface area contributed by atoms with Gasteiger partial charge in [0.05, 0.1) is 5.66 Å². The van der Waals surface area contributed by atoms with Gasteiger partial charge in [0.15, 0.2) is 0 Å². The van der Waals surface area contributed by atoms with E-state index in [0.717, 1.165) is 17.2 Å². The summed E-state index contributed by atoms with van der Waals surface area (Å²) in [6, 6.07) is 8.71. The summed E-state index contributed by atoms with van der Waals surface area (Å²) in [5.41, 5.74) is 6.23. The van der Waals surface area contributed by atoms with Gasteiger partial charge >= 0.3 is 0 Å². The molecule has 3 rings (SSSR count). The fraction of sp³-hybridized carbons (Fsp3) is 0.500. The molecule has 137 valence electrons. The van der Waals surface area contributed by atoms with Crippen LogP contribution in [0.1, 0.15) is 66.4 Å². The molecule has 0 aliphatic heterocycles. The van der Waals surface area contributed by atoms with Gasteiger partial charge in [0, 0.05) is 5.39 Å². The molecular weight excluding hydrogens is 315 g/mol. The van der Waals surface area contributed by atoms with E-state index in [1.54, 1.807) is 5.57 Å². The number of rotatable bonds is 3. The summed E-state index contributed by atoms with van der Waals surface area (Å²) in [6.07, 6.45) is 8.46. The lowest BCUT2D eigenvalue weighted by Crippen LogP contribution is -2.16. The third kappa shape index (κ3) is 4.34. The highest BCUT2D eigenvalue weighted by Gasteiger charge is 2.20. The fourth-order valence-electron chi connectivity index (χ4n) is 3.81. The highest BCUT2D eigenvalue weighted by molar-refractivity contribution is 6.60. The maximum absolute atomic E-state index is 6.08. The second-order valence-corrected chi connectivity index (χ2v) is 9.09. The molecule has 1 saturated carbocycles. The zero-order valence-corrected chi connectivity index (χ0v) is 17.2. The first kappa shape index (κ1) is 19.1. The van der Waals surface area contributed by atoms with E-state index in [1.165, 1.54) is 35.7 Å². The molecule has 1 fully saturated rings. The predicted molar refractivity (Wildman–Crippen MR) is 114 cm³/mol. The second-order valence-electron chi connectivity index (χ2n) is 9.09. The molecule has 1 aliphatic rings. The van der Waals surface area contributed by atoms with Gasteiger partial charge in [-0.25, -0.2) is 0 Å². The van der Waals surface area contributed by atoms with Crippen LogP contribution in [0.15, 0.2) is 51.9 Å². The van der Waals surface area contributed by atoms with Crippen LogP contribution >= 0.6 is 0 Å². The number of allylic oxidation sites excluding steroid dienone is 4. The molecule has 2 unspecified atom stereocenters. The molecule has 0 saturated heterocycles. The van der Waals surface area contributed by atoms with Crippen LogP contribution in [0.2, 0.25) is 0 Å². The Kier molecular flexibility index (Phi) is 5.51. The molecule has 1 nitrogen and oxygen atoms in total. The zero-order valence-electron chi connectivity index (χ0n) is 17.2. The van der Waals surface area contributed by atoms with Crippen LogP contribution in [-0.4, -0.2) is 7.28 Å². The van der Waals surface area contributed by atoms with E-state index in [4.69, 9.17) is 4.42 Å². The molecule has 2 atom stereocenters. The van der Waals surface area contributed by atoms with E-state index in [2.05, 4.69) is 85.2 Å². The monoisotopic (exact) mass is 347 g/mol. The summed E-state index contributed by atoms with van der Waals surface area (Å²) in [4.78, 5) is 0. The molecule has 2 aromatic rings. The van der Waals surface area contributed by atoms with Gasteiger partial charge in [0.2, 0.25) is 7.28 Å². The van der Waals surface area contributed by atoms with Crippen molar-refractivity contribution in [3.8, 4) is 0 Å². The van der Waals surface area contributed by atoms with Crippen molar-refractivity contribution in [3.63, 3.8) is 0 Å². The van der Waals surface area contributed by atoms with Crippen molar-refractivity contribution in [1.29, 1.82) is 0 Å². The van der Waals surface area contributed by atoms with E-state index in [1.807, 2.05) is 0 Å². The van der Waals surface area contributed by atoms with Crippen LogP contribution < -0.4 is 5.66 Å². The van der Waals surface area contributed by atoms with Crippen LogP contribution in [-0.2, 0) is 5.41 Å². The van der Waals surface area contributed by atoms with Crippen molar-refractivity contribution >= 4 is 23.9 Å². The Morgan fingerprint density at radius 1 is 1.15 bits per heavy atom. The summed E-state index contributed by atoms with van der Waals surface area (Å²) in [5.74, 6) is 1.50. The number of furan rings is 1. The molecule has 0 spiro atoms. The van der Waals surface area contributed by atoms with Gasteiger partial charge in [0.25, 0.3) is 0 Å². The summed E-state index contributed by atoms with van der Waals surface area (Å²) < 4.78 is 6.08. The van der Waals surface area contributed by atoms with Crippen molar-refractivity contribution < 1.29 is 4.42 Å². The van der Waals surface area contributed by atoms with Crippen LogP contribution in [0.25, 0.3) is 11.0 Å². The molecule has 0 amide bonds. The maximum atomic E-state index is 6.08. The van der Waals surface area contributed by atoms with Gasteiger partial charge < -0.3 is 4.42 Å². The van der Waals surface area contributed by atoms with E-state index < -0.39 is 0 Å². The summed E-state index contributed by atoms with van der Waals surface area (Å²) >= 11 is 0. The van der Waals surface area contributed by atoms with Crippen molar-refractivity contribution in [2.75, 3.05) is 0 Å². The molecule has 2 heteroatoms. The normalized spacial score (nSPS) is 23.6. The lowest BCUT2D eigenvalue weighted by Gasteiger charge is -2.27. The van der Waals surface area contributed by atoms with Gasteiger partial charge in [-0.05, 0) is 67.2 Å². The van der Waals surface area contributed by atoms with Gasteiger partial charge in [-0.2, -0.15) is 0 Å². The van der Waals surface area contributed by atoms with Crippen molar-refractivity contribution in [2.24, 2.45) is 11.8 Å². The average molecular weight is 347 g/mol. The van der Waals surface area contributed by atoms with E-state index in [0.29, 0.717) is 5.92 Å². The third-order valence-electron chi connectivity index (χ3n) is 5.71. The minimum Gasteiger partial charge on any atom is -0.472 e. The van der Waals surface area contributed by atoms with Crippen LogP contribution in [0.4, 0.5) is 0 Å². The van der Waals surface area contributed by atoms with Gasteiger partial charge in [-0.1, -0.05) is 63.9 Å². The molecule has 1 aromatic heterocycles. The Morgan fingerprint density at radius 3 is 2.62 bits per heavy atom. The molecule has 1 aliphatic carbocycles. The zero-order chi connectivity index (χ0) is 18.9. The molecule has 1 radical (unpaired) electrons. The van der Waals surface area contributed by atoms with Gasteiger partial charge in [0.1, 0.15) is 5.58 Å². The number of fused-ring (bicyclic) bond motifs is 1. The topological polar surface area (TPSA) is 13.1 Å². The molecule has 0 N–H and O–H groups in total. The van der Waals surface area contributed by atoms with E-state index in [9.17, 15) is 0 Å². The molecule has 1 aromatic carbocycles. The minimum absolute atomic E-state index is 0.155. The standard InChI is InChI=1S/C24H32BO/c1-7-21(14-18-12-16(2)8-9-17(18)3)25-23-15-19-13-20(24(4,5)6)10-11-22(19)26-23/h7,10-11,13-17H,8-9,12H2,1-6H3/b18-14+,21-7+. The van der Waals surface area contributed by atoms with Crippen molar-refractivity contribution in [2.45, 2.75) is 66.2 Å². The number of hydrogen-bond donors (Lipinski definition) is 0. The first-order valence-corrected chi connectivity index (χ1v) is 10.0. The highest BCUT2D eigenvalue weighted by atomic mass is 16.3. The Morgan fingerprint density at radius 2 is 1.92 bits per heavy atom. The number of benzene rings is 1. The SMILES string of the molecule is C/C=C([B]c1cc2cc(C(C)(C)C)ccc2o1)\C=C1/CC(C)CCC1C. The van der Waals surface area contributed by atoms with Crippen molar-refractivity contribution in [3.05, 3.63) is 53.0 Å². The summed E-state index contributed by atoms with van der Waals surface area (Å²) in [6.45, 7) is 13.6. The quantitative estimate of drug-likeness (QED) is 0.590. The largest absolute Gasteiger partial charge is 0.472 e. The molecular formula is C24H32BO. The molecule has 26 heavy (non-hydrogen) atoms. The Hall–Kier alpha value is -1.70. The highest BCUT2D eigenvalue weighted by Crippen LogP contribution is 2.33. The smallest absolute Gasteiger partial charge is 0.240 e. The van der Waals surface area contributed by atoms with Crippen LogP contribution in [0, 0.1) is 11.8 Å². The predicted octanol–water partition coefficient (Wildman–Crippen LogP) is 6.35. The van der Waals surface area contributed by atoms with Crippen LogP contribution in [0.5, 0.6) is 0 Å². The molecule has 0 bridgehead atoms. The van der Waals surface area contributed by atoms with E-state index >= 15 is 0 Å². The Balaban J connectivity index is 1.82. The Labute approximate surface area is 159 Å². The van der Waals surface area contributed by atoms with Gasteiger partial charge in [-0.3, -0.25) is 0 Å².